The molecule has 2 unspecified atom stereocenters. The van der Waals surface area contributed by atoms with Crippen LogP contribution in [0.3, 0.4) is 0 Å². The first kappa shape index (κ1) is 34.6. The summed E-state index contributed by atoms with van der Waals surface area (Å²) in [6.45, 7) is 4.62. The zero-order valence-electron chi connectivity index (χ0n) is 26.9. The summed E-state index contributed by atoms with van der Waals surface area (Å²) in [5.74, 6) is 0.713. The van der Waals surface area contributed by atoms with E-state index in [2.05, 4.69) is 72.5 Å². The monoisotopic (exact) mass is 552 g/mol. The molecule has 2 rings (SSSR count). The van der Waals surface area contributed by atoms with E-state index in [4.69, 9.17) is 0 Å². The van der Waals surface area contributed by atoms with Gasteiger partial charge in [-0.3, -0.25) is 4.98 Å². The third kappa shape index (κ3) is 17.3. The van der Waals surface area contributed by atoms with Crippen LogP contribution in [0.1, 0.15) is 180 Å². The molecule has 0 radical (unpaired) electrons. The average molecular weight is 552 g/mol. The fourth-order valence-corrected chi connectivity index (χ4v) is 6.57. The Morgan fingerprint density at radius 2 is 1.00 bits per heavy atom. The Morgan fingerprint density at radius 3 is 1.45 bits per heavy atom. The van der Waals surface area contributed by atoms with Crippen molar-refractivity contribution < 1.29 is 4.57 Å². The van der Waals surface area contributed by atoms with Crippen LogP contribution in [-0.4, -0.2) is 4.98 Å². The minimum atomic E-state index is 0.605. The zero-order valence-corrected chi connectivity index (χ0v) is 26.9. The highest BCUT2D eigenvalue weighted by Gasteiger charge is 2.26. The molecule has 40 heavy (non-hydrogen) atoms. The molecule has 0 aliphatic heterocycles. The van der Waals surface area contributed by atoms with Crippen molar-refractivity contribution in [2.24, 2.45) is 5.92 Å². The third-order valence-corrected chi connectivity index (χ3v) is 9.12. The van der Waals surface area contributed by atoms with E-state index in [1.54, 1.807) is 0 Å². The minimum Gasteiger partial charge on any atom is -0.250 e. The molecule has 0 bridgehead atoms. The van der Waals surface area contributed by atoms with Gasteiger partial charge in [0.1, 0.15) is 18.4 Å². The molecule has 2 atom stereocenters. The van der Waals surface area contributed by atoms with Gasteiger partial charge in [0.25, 0.3) is 0 Å². The van der Waals surface area contributed by atoms with Crippen molar-refractivity contribution in [1.82, 2.24) is 4.98 Å². The first-order chi connectivity index (χ1) is 19.8. The Bertz CT molecular complexity index is 753. The molecule has 2 heteroatoms. The van der Waals surface area contributed by atoms with E-state index in [1.807, 2.05) is 0 Å². The van der Waals surface area contributed by atoms with Gasteiger partial charge in [0.05, 0.1) is 0 Å². The second-order valence-electron chi connectivity index (χ2n) is 12.7. The van der Waals surface area contributed by atoms with Crippen molar-refractivity contribution in [3.05, 3.63) is 54.6 Å². The SMILES string of the molecule is CCCCCCCCCCCCCCCCC(C(CCCCCCCCCC)Cc1ccccc1)[n+]1cc[nH]c1. The molecule has 1 heterocycles. The lowest BCUT2D eigenvalue weighted by atomic mass is 9.84. The van der Waals surface area contributed by atoms with E-state index in [1.165, 1.54) is 166 Å². The number of benzene rings is 1. The fourth-order valence-electron chi connectivity index (χ4n) is 6.57. The molecule has 0 saturated heterocycles. The van der Waals surface area contributed by atoms with Crippen LogP contribution in [0, 0.1) is 5.92 Å². The van der Waals surface area contributed by atoms with Gasteiger partial charge in [-0.1, -0.05) is 179 Å². The van der Waals surface area contributed by atoms with Gasteiger partial charge in [0.15, 0.2) is 0 Å². The number of imidazole rings is 1. The number of rotatable bonds is 28. The second-order valence-corrected chi connectivity index (χ2v) is 12.7. The predicted molar refractivity (Wildman–Crippen MR) is 176 cm³/mol. The van der Waals surface area contributed by atoms with Gasteiger partial charge < -0.3 is 0 Å². The van der Waals surface area contributed by atoms with Crippen molar-refractivity contribution >= 4 is 0 Å². The van der Waals surface area contributed by atoms with Crippen LogP contribution < -0.4 is 4.57 Å². The zero-order chi connectivity index (χ0) is 28.4. The van der Waals surface area contributed by atoms with E-state index in [9.17, 15) is 0 Å². The van der Waals surface area contributed by atoms with Crippen LogP contribution in [0.2, 0.25) is 0 Å². The van der Waals surface area contributed by atoms with Gasteiger partial charge in [0, 0.05) is 5.92 Å². The first-order valence-corrected chi connectivity index (χ1v) is 17.9. The molecule has 1 aromatic carbocycles. The number of aromatic amines is 1. The molecule has 1 aromatic heterocycles. The Hall–Kier alpha value is -1.57. The van der Waals surface area contributed by atoms with Gasteiger partial charge >= 0.3 is 0 Å². The summed E-state index contributed by atoms with van der Waals surface area (Å²) in [5.41, 5.74) is 1.51. The number of nitrogens with zero attached hydrogens (tertiary/aromatic N) is 1. The third-order valence-electron chi connectivity index (χ3n) is 9.12. The predicted octanol–water partition coefficient (Wildman–Crippen LogP) is 12.1. The smallest absolute Gasteiger partial charge is 0.241 e. The molecule has 2 nitrogen and oxygen atoms in total. The number of aromatic nitrogens is 2. The van der Waals surface area contributed by atoms with Crippen LogP contribution in [0.25, 0.3) is 0 Å². The lowest BCUT2D eigenvalue weighted by Gasteiger charge is -2.25. The van der Waals surface area contributed by atoms with Crippen LogP contribution in [0.4, 0.5) is 0 Å². The van der Waals surface area contributed by atoms with E-state index >= 15 is 0 Å². The lowest BCUT2D eigenvalue weighted by Crippen LogP contribution is -2.42. The van der Waals surface area contributed by atoms with Crippen LogP contribution in [-0.2, 0) is 6.42 Å². The largest absolute Gasteiger partial charge is 0.250 e. The van der Waals surface area contributed by atoms with E-state index in [0.29, 0.717) is 12.0 Å². The molecule has 1 N–H and O–H groups in total. The number of unbranched alkanes of at least 4 members (excludes halogenated alkanes) is 20. The van der Waals surface area contributed by atoms with Crippen molar-refractivity contribution in [2.45, 2.75) is 180 Å². The van der Waals surface area contributed by atoms with E-state index in [0.717, 1.165) is 0 Å². The van der Waals surface area contributed by atoms with Gasteiger partial charge in [0.2, 0.25) is 6.33 Å². The summed E-state index contributed by atoms with van der Waals surface area (Å²) in [5, 5.41) is 0. The van der Waals surface area contributed by atoms with Gasteiger partial charge in [-0.15, -0.1) is 0 Å². The molecule has 0 fully saturated rings. The molecule has 0 saturated carbocycles. The van der Waals surface area contributed by atoms with Crippen molar-refractivity contribution in [1.29, 1.82) is 0 Å². The van der Waals surface area contributed by atoms with Crippen LogP contribution in [0.15, 0.2) is 49.1 Å². The van der Waals surface area contributed by atoms with E-state index < -0.39 is 0 Å². The summed E-state index contributed by atoms with van der Waals surface area (Å²) in [4.78, 5) is 3.34. The highest BCUT2D eigenvalue weighted by Crippen LogP contribution is 2.29. The Kier molecular flexibility index (Phi) is 21.8. The maximum Gasteiger partial charge on any atom is 0.241 e. The standard InChI is InChI=1S/C38H66N2/c1-3-5-7-9-11-13-14-15-16-17-18-20-22-27-31-38(40-33-32-39-35-40)37(34-36-28-24-23-25-29-36)30-26-21-19-12-10-8-6-4-2/h23-25,28-29,32-33,35,37-38H,3-22,26-27,30-31,34H2,1-2H3/p+1. The average Bonchev–Trinajstić information content (AvgIpc) is 3.51. The Labute approximate surface area is 250 Å². The summed E-state index contributed by atoms with van der Waals surface area (Å²) in [6.07, 6.45) is 41.8. The normalized spacial score (nSPS) is 13.1. The molecule has 0 spiro atoms. The minimum absolute atomic E-state index is 0.605. The van der Waals surface area contributed by atoms with Gasteiger partial charge in [-0.25, -0.2) is 4.57 Å². The fraction of sp³-hybridized carbons (Fsp3) is 0.763. The molecular weight excluding hydrogens is 484 g/mol. The molecule has 228 valence electrons. The lowest BCUT2D eigenvalue weighted by molar-refractivity contribution is -0.730. The summed E-state index contributed by atoms with van der Waals surface area (Å²) in [7, 11) is 0. The highest BCUT2D eigenvalue weighted by molar-refractivity contribution is 5.15. The number of nitrogens with one attached hydrogen (secondary N) is 1. The van der Waals surface area contributed by atoms with Crippen LogP contribution in [0.5, 0.6) is 0 Å². The van der Waals surface area contributed by atoms with Crippen molar-refractivity contribution in [3.8, 4) is 0 Å². The quantitative estimate of drug-likeness (QED) is 0.0801. The maximum absolute atomic E-state index is 3.34. The topological polar surface area (TPSA) is 19.7 Å². The second kappa shape index (κ2) is 25.2. The highest BCUT2D eigenvalue weighted by atomic mass is 15.1. The summed E-state index contributed by atoms with van der Waals surface area (Å²) in [6, 6.07) is 11.9. The van der Waals surface area contributed by atoms with Gasteiger partial charge in [-0.2, -0.15) is 0 Å². The molecule has 0 aliphatic carbocycles. The molecular formula is C38H67N2+. The molecule has 0 aliphatic rings. The number of hydrogen-bond acceptors (Lipinski definition) is 0. The number of H-pyrrole nitrogens is 1. The summed E-state index contributed by atoms with van der Waals surface area (Å²) >= 11 is 0. The molecule has 2 aromatic rings. The maximum atomic E-state index is 3.34. The van der Waals surface area contributed by atoms with Crippen molar-refractivity contribution in [2.75, 3.05) is 0 Å². The van der Waals surface area contributed by atoms with Crippen LogP contribution >= 0.6 is 0 Å². The van der Waals surface area contributed by atoms with Gasteiger partial charge in [-0.05, 0) is 31.2 Å². The van der Waals surface area contributed by atoms with Crippen molar-refractivity contribution in [3.63, 3.8) is 0 Å². The number of hydrogen-bond donors (Lipinski definition) is 1. The Balaban J connectivity index is 1.71. The summed E-state index contributed by atoms with van der Waals surface area (Å²) < 4.78 is 2.50. The molecule has 0 amide bonds. The first-order valence-electron chi connectivity index (χ1n) is 17.9. The Morgan fingerprint density at radius 1 is 0.550 bits per heavy atom. The van der Waals surface area contributed by atoms with E-state index in [-0.39, 0.29) is 0 Å².